The molecule has 9 nitrogen and oxygen atoms in total. The molecule has 1 aliphatic rings. The summed E-state index contributed by atoms with van der Waals surface area (Å²) in [5.41, 5.74) is 3.42. The van der Waals surface area contributed by atoms with E-state index in [1.165, 1.54) is 16.7 Å². The SMILES string of the molecule is CCOc1ccc(NC(=O)N[C@@H](Cc2ccccc2)[C@H](O)C(=O)N2CSC(C)(C)[C@H]2C(=O)NCc2ccccc2C)cc1. The lowest BCUT2D eigenvalue weighted by Gasteiger charge is -2.33. The lowest BCUT2D eigenvalue weighted by atomic mass is 9.97. The fourth-order valence-corrected chi connectivity index (χ4v) is 6.23. The molecule has 1 heterocycles. The number of thioether (sulfide) groups is 1. The van der Waals surface area contributed by atoms with Gasteiger partial charge in [-0.05, 0) is 75.1 Å². The zero-order chi connectivity index (χ0) is 31.0. The first kappa shape index (κ1) is 31.9. The third-order valence-electron chi connectivity index (χ3n) is 7.46. The minimum atomic E-state index is -1.59. The van der Waals surface area contributed by atoms with Crippen molar-refractivity contribution >= 4 is 35.3 Å². The molecule has 3 aromatic rings. The lowest BCUT2D eigenvalue weighted by Crippen LogP contribution is -2.59. The number of aliphatic hydroxyl groups excluding tert-OH is 1. The number of ether oxygens (including phenoxy) is 1. The van der Waals surface area contributed by atoms with Crippen molar-refractivity contribution in [2.24, 2.45) is 0 Å². The van der Waals surface area contributed by atoms with E-state index in [2.05, 4.69) is 16.0 Å². The second-order valence-corrected chi connectivity index (χ2v) is 12.6. The summed E-state index contributed by atoms with van der Waals surface area (Å²) >= 11 is 1.47. The summed E-state index contributed by atoms with van der Waals surface area (Å²) in [6.45, 7) is 8.56. The van der Waals surface area contributed by atoms with E-state index >= 15 is 0 Å². The molecule has 0 spiro atoms. The molecule has 3 atom stereocenters. The van der Waals surface area contributed by atoms with E-state index in [0.29, 0.717) is 24.6 Å². The van der Waals surface area contributed by atoms with Crippen molar-refractivity contribution in [1.82, 2.24) is 15.5 Å². The maximum absolute atomic E-state index is 13.8. The number of hydrogen-bond donors (Lipinski definition) is 4. The second kappa shape index (κ2) is 14.4. The maximum Gasteiger partial charge on any atom is 0.319 e. The van der Waals surface area contributed by atoms with Crippen molar-refractivity contribution in [3.63, 3.8) is 0 Å². The molecule has 1 saturated heterocycles. The summed E-state index contributed by atoms with van der Waals surface area (Å²) in [5, 5.41) is 20.0. The van der Waals surface area contributed by atoms with Crippen LogP contribution in [0.15, 0.2) is 78.9 Å². The molecule has 0 bridgehead atoms. The van der Waals surface area contributed by atoms with Gasteiger partial charge in [-0.1, -0.05) is 54.6 Å². The number of amides is 4. The average molecular weight is 605 g/mol. The smallest absolute Gasteiger partial charge is 0.319 e. The number of aryl methyl sites for hydroxylation is 1. The monoisotopic (exact) mass is 604 g/mol. The fourth-order valence-electron chi connectivity index (χ4n) is 5.09. The number of hydrogen-bond acceptors (Lipinski definition) is 6. The number of urea groups is 1. The minimum absolute atomic E-state index is 0.207. The Hall–Kier alpha value is -4.02. The number of carbonyl (C=O) groups excluding carboxylic acids is 3. The highest BCUT2D eigenvalue weighted by atomic mass is 32.2. The third kappa shape index (κ3) is 8.30. The van der Waals surface area contributed by atoms with Crippen molar-refractivity contribution in [2.45, 2.75) is 63.6 Å². The van der Waals surface area contributed by atoms with E-state index in [9.17, 15) is 19.5 Å². The first-order chi connectivity index (χ1) is 20.6. The molecule has 0 unspecified atom stereocenters. The van der Waals surface area contributed by atoms with Gasteiger partial charge in [0, 0.05) is 17.0 Å². The summed E-state index contributed by atoms with van der Waals surface area (Å²) in [6, 6.07) is 21.7. The van der Waals surface area contributed by atoms with Crippen molar-refractivity contribution in [2.75, 3.05) is 17.8 Å². The van der Waals surface area contributed by atoms with Crippen LogP contribution in [0.1, 0.15) is 37.5 Å². The van der Waals surface area contributed by atoms with Crippen molar-refractivity contribution in [3.8, 4) is 5.75 Å². The standard InChI is InChI=1S/C33H40N4O5S/c1-5-42-26-17-15-25(16-18-26)35-32(41)36-27(19-23-12-7-6-8-13-23)28(38)31(40)37-21-43-33(3,4)29(37)30(39)34-20-24-14-10-9-11-22(24)2/h6-18,27-29,38H,5,19-21H2,1-4H3,(H,34,39)(H2,35,36,41)/t27-,28-,29+/m0/s1. The van der Waals surface area contributed by atoms with Crippen LogP contribution >= 0.6 is 11.8 Å². The molecular weight excluding hydrogens is 564 g/mol. The third-order valence-corrected chi connectivity index (χ3v) is 8.84. The summed E-state index contributed by atoms with van der Waals surface area (Å²) in [4.78, 5) is 41.8. The van der Waals surface area contributed by atoms with Crippen LogP contribution in [0, 0.1) is 6.92 Å². The lowest BCUT2D eigenvalue weighted by molar-refractivity contribution is -0.147. The van der Waals surface area contributed by atoms with Gasteiger partial charge in [0.15, 0.2) is 6.10 Å². The van der Waals surface area contributed by atoms with Gasteiger partial charge in [0.05, 0.1) is 18.5 Å². The molecule has 0 aromatic heterocycles. The van der Waals surface area contributed by atoms with Crippen LogP contribution in [0.3, 0.4) is 0 Å². The van der Waals surface area contributed by atoms with Crippen LogP contribution < -0.4 is 20.7 Å². The van der Waals surface area contributed by atoms with Gasteiger partial charge in [-0.3, -0.25) is 9.59 Å². The first-order valence-electron chi connectivity index (χ1n) is 14.4. The quantitative estimate of drug-likeness (QED) is 0.256. The van der Waals surface area contributed by atoms with Crippen molar-refractivity contribution < 1.29 is 24.2 Å². The number of nitrogens with one attached hydrogen (secondary N) is 3. The van der Waals surface area contributed by atoms with Crippen molar-refractivity contribution in [3.05, 3.63) is 95.6 Å². The summed E-state index contributed by atoms with van der Waals surface area (Å²) < 4.78 is 4.87. The number of anilines is 1. The maximum atomic E-state index is 13.8. The Labute approximate surface area is 257 Å². The minimum Gasteiger partial charge on any atom is -0.494 e. The second-order valence-electron chi connectivity index (χ2n) is 11.0. The molecule has 10 heteroatoms. The highest BCUT2D eigenvalue weighted by Crippen LogP contribution is 2.40. The molecule has 0 radical (unpaired) electrons. The van der Waals surface area contributed by atoms with E-state index < -0.39 is 34.9 Å². The number of rotatable bonds is 11. The molecule has 43 heavy (non-hydrogen) atoms. The van der Waals surface area contributed by atoms with E-state index in [4.69, 9.17) is 4.74 Å². The van der Waals surface area contributed by atoms with Crippen LogP contribution in [0.5, 0.6) is 5.75 Å². The van der Waals surface area contributed by atoms with Gasteiger partial charge in [0.2, 0.25) is 5.91 Å². The van der Waals surface area contributed by atoms with Gasteiger partial charge in [-0.25, -0.2) is 4.79 Å². The average Bonchev–Trinajstić information content (AvgIpc) is 3.32. The highest BCUT2D eigenvalue weighted by Gasteiger charge is 2.49. The van der Waals surface area contributed by atoms with Crippen LogP contribution in [-0.2, 0) is 22.6 Å². The molecule has 1 aliphatic heterocycles. The number of carbonyl (C=O) groups is 3. The molecule has 1 fully saturated rings. The Morgan fingerprint density at radius 2 is 1.70 bits per heavy atom. The molecule has 4 rings (SSSR count). The zero-order valence-electron chi connectivity index (χ0n) is 25.0. The van der Waals surface area contributed by atoms with Gasteiger partial charge in [0.25, 0.3) is 5.91 Å². The molecule has 3 aromatic carbocycles. The van der Waals surface area contributed by atoms with Crippen LogP contribution in [0.2, 0.25) is 0 Å². The zero-order valence-corrected chi connectivity index (χ0v) is 25.8. The fraction of sp³-hybridized carbons (Fsp3) is 0.364. The molecule has 4 N–H and O–H groups in total. The van der Waals surface area contributed by atoms with Gasteiger partial charge >= 0.3 is 6.03 Å². The van der Waals surface area contributed by atoms with E-state index in [1.807, 2.05) is 82.3 Å². The van der Waals surface area contributed by atoms with Gasteiger partial charge in [0.1, 0.15) is 11.8 Å². The Kier molecular flexibility index (Phi) is 10.7. The molecule has 4 amide bonds. The molecule has 0 aliphatic carbocycles. The van der Waals surface area contributed by atoms with Crippen molar-refractivity contribution in [1.29, 1.82) is 0 Å². The Bertz CT molecular complexity index is 1400. The van der Waals surface area contributed by atoms with E-state index in [1.54, 1.807) is 24.3 Å². The van der Waals surface area contributed by atoms with Gasteiger partial charge in [-0.15, -0.1) is 11.8 Å². The molecule has 228 valence electrons. The van der Waals surface area contributed by atoms with Crippen LogP contribution in [0.4, 0.5) is 10.5 Å². The van der Waals surface area contributed by atoms with Crippen LogP contribution in [-0.4, -0.2) is 63.3 Å². The normalized spacial score (nSPS) is 17.0. The summed E-state index contributed by atoms with van der Waals surface area (Å²) in [7, 11) is 0. The van der Waals surface area contributed by atoms with Gasteiger partial charge < -0.3 is 30.7 Å². The number of nitrogens with zero attached hydrogens (tertiary/aromatic N) is 1. The summed E-state index contributed by atoms with van der Waals surface area (Å²) in [6.07, 6.45) is -1.38. The first-order valence-corrected chi connectivity index (χ1v) is 15.4. The molecular formula is C33H40N4O5S. The predicted octanol–water partition coefficient (Wildman–Crippen LogP) is 4.48. The van der Waals surface area contributed by atoms with E-state index in [-0.39, 0.29) is 18.2 Å². The highest BCUT2D eigenvalue weighted by molar-refractivity contribution is 8.00. The predicted molar refractivity (Wildman–Crippen MR) is 170 cm³/mol. The number of aliphatic hydroxyl groups is 1. The Balaban J connectivity index is 1.49. The topological polar surface area (TPSA) is 120 Å². The number of benzene rings is 3. The Morgan fingerprint density at radius 3 is 2.37 bits per heavy atom. The molecule has 0 saturated carbocycles. The van der Waals surface area contributed by atoms with Crippen LogP contribution in [0.25, 0.3) is 0 Å². The Morgan fingerprint density at radius 1 is 1.02 bits per heavy atom. The van der Waals surface area contributed by atoms with E-state index in [0.717, 1.165) is 16.7 Å². The summed E-state index contributed by atoms with van der Waals surface area (Å²) in [5.74, 6) is 0.0123. The largest absolute Gasteiger partial charge is 0.494 e. The van der Waals surface area contributed by atoms with Gasteiger partial charge in [-0.2, -0.15) is 0 Å².